The van der Waals surface area contributed by atoms with Crippen LogP contribution in [0.15, 0.2) is 59.6 Å². The predicted molar refractivity (Wildman–Crippen MR) is 129 cm³/mol. The largest absolute Gasteiger partial charge is 0.368 e. The average molecular weight is 521 g/mol. The monoisotopic (exact) mass is 521 g/mol. The summed E-state index contributed by atoms with van der Waals surface area (Å²) < 4.78 is 0. The lowest BCUT2D eigenvalue weighted by molar-refractivity contribution is -0.117. The number of amides is 2. The molecule has 0 spiro atoms. The Kier molecular flexibility index (Phi) is 8.64. The smallest absolute Gasteiger partial charge is 0.251 e. The fraction of sp³-hybridized carbons (Fsp3) is 0.318. The standard InChI is InChI=1S/C22H27N5O2.HI/c1-24-21(27-15-22(11-12-22)18-5-3-2-4-6-18)26-13-16-7-9-17(10-8-16)20(29)25-14-19(23)28;/h2-10H,11-15H2,1H3,(H2,23,28)(H,25,29)(H2,24,26,27);1H. The van der Waals surface area contributed by atoms with Crippen molar-refractivity contribution >= 4 is 41.8 Å². The van der Waals surface area contributed by atoms with Gasteiger partial charge < -0.3 is 21.7 Å². The second kappa shape index (κ2) is 11.0. The average Bonchev–Trinajstić information content (AvgIpc) is 3.54. The zero-order valence-corrected chi connectivity index (χ0v) is 19.3. The molecule has 0 aromatic heterocycles. The number of hydrogen-bond donors (Lipinski definition) is 4. The van der Waals surface area contributed by atoms with Gasteiger partial charge in [-0.15, -0.1) is 24.0 Å². The zero-order valence-electron chi connectivity index (χ0n) is 17.0. The molecule has 0 bridgehead atoms. The Bertz CT molecular complexity index is 880. The number of carbonyl (C=O) groups excluding carboxylic acids is 2. The third-order valence-corrected chi connectivity index (χ3v) is 5.16. The lowest BCUT2D eigenvalue weighted by atomic mass is 9.96. The van der Waals surface area contributed by atoms with Gasteiger partial charge >= 0.3 is 0 Å². The van der Waals surface area contributed by atoms with E-state index in [9.17, 15) is 9.59 Å². The number of benzene rings is 2. The van der Waals surface area contributed by atoms with E-state index in [0.29, 0.717) is 12.1 Å². The molecule has 160 valence electrons. The molecule has 2 aromatic rings. The van der Waals surface area contributed by atoms with E-state index in [1.807, 2.05) is 18.2 Å². The van der Waals surface area contributed by atoms with Crippen LogP contribution in [0.3, 0.4) is 0 Å². The third-order valence-electron chi connectivity index (χ3n) is 5.16. The number of halogens is 1. The van der Waals surface area contributed by atoms with Gasteiger partial charge in [-0.05, 0) is 36.1 Å². The van der Waals surface area contributed by atoms with Crippen molar-refractivity contribution in [1.29, 1.82) is 0 Å². The number of hydrogen-bond acceptors (Lipinski definition) is 3. The van der Waals surface area contributed by atoms with Gasteiger partial charge in [-0.25, -0.2) is 0 Å². The number of rotatable bonds is 8. The van der Waals surface area contributed by atoms with Crippen molar-refractivity contribution in [2.24, 2.45) is 10.7 Å². The van der Waals surface area contributed by atoms with Crippen molar-refractivity contribution in [2.75, 3.05) is 20.1 Å². The summed E-state index contributed by atoms with van der Waals surface area (Å²) in [5, 5.41) is 9.20. The molecular weight excluding hydrogens is 493 g/mol. The number of nitrogens with two attached hydrogens (primary N) is 1. The summed E-state index contributed by atoms with van der Waals surface area (Å²) in [5.41, 5.74) is 8.11. The Balaban J connectivity index is 0.00000320. The first kappa shape index (κ1) is 23.7. The SMILES string of the molecule is CN=C(NCc1ccc(C(=O)NCC(N)=O)cc1)NCC1(c2ccccc2)CC1.I. The Labute approximate surface area is 193 Å². The molecule has 1 saturated carbocycles. The van der Waals surface area contributed by atoms with Crippen LogP contribution in [0.4, 0.5) is 0 Å². The maximum atomic E-state index is 11.9. The molecule has 0 heterocycles. The van der Waals surface area contributed by atoms with Crippen molar-refractivity contribution in [2.45, 2.75) is 24.8 Å². The van der Waals surface area contributed by atoms with Gasteiger partial charge in [0.25, 0.3) is 5.91 Å². The molecule has 1 aliphatic carbocycles. The molecule has 1 aliphatic rings. The maximum Gasteiger partial charge on any atom is 0.251 e. The molecule has 0 aliphatic heterocycles. The summed E-state index contributed by atoms with van der Waals surface area (Å²) in [6.07, 6.45) is 2.36. The van der Waals surface area contributed by atoms with Gasteiger partial charge in [0, 0.05) is 31.1 Å². The van der Waals surface area contributed by atoms with Crippen LogP contribution in [0.2, 0.25) is 0 Å². The lowest BCUT2D eigenvalue weighted by Gasteiger charge is -2.19. The molecule has 0 radical (unpaired) electrons. The molecule has 8 heteroatoms. The van der Waals surface area contributed by atoms with Crippen LogP contribution in [0.25, 0.3) is 0 Å². The summed E-state index contributed by atoms with van der Waals surface area (Å²) in [5.74, 6) is -0.148. The van der Waals surface area contributed by atoms with Crippen molar-refractivity contribution in [3.05, 3.63) is 71.3 Å². The van der Waals surface area contributed by atoms with Gasteiger partial charge in [0.2, 0.25) is 5.91 Å². The molecule has 0 saturated heterocycles. The highest BCUT2D eigenvalue weighted by molar-refractivity contribution is 14.0. The predicted octanol–water partition coefficient (Wildman–Crippen LogP) is 1.92. The van der Waals surface area contributed by atoms with Gasteiger partial charge in [0.15, 0.2) is 5.96 Å². The van der Waals surface area contributed by atoms with Crippen LogP contribution in [0.1, 0.15) is 34.3 Å². The van der Waals surface area contributed by atoms with Crippen LogP contribution in [-0.2, 0) is 16.8 Å². The van der Waals surface area contributed by atoms with Crippen molar-refractivity contribution < 1.29 is 9.59 Å². The van der Waals surface area contributed by atoms with Crippen LogP contribution in [-0.4, -0.2) is 37.9 Å². The normalized spacial score (nSPS) is 14.2. The summed E-state index contributed by atoms with van der Waals surface area (Å²) in [6.45, 7) is 1.26. The molecule has 0 unspecified atom stereocenters. The van der Waals surface area contributed by atoms with Crippen LogP contribution < -0.4 is 21.7 Å². The Morgan fingerprint density at radius 2 is 1.67 bits per heavy atom. The fourth-order valence-electron chi connectivity index (χ4n) is 3.21. The highest BCUT2D eigenvalue weighted by Crippen LogP contribution is 2.47. The molecule has 3 rings (SSSR count). The fourth-order valence-corrected chi connectivity index (χ4v) is 3.21. The summed E-state index contributed by atoms with van der Waals surface area (Å²) in [7, 11) is 1.75. The number of primary amides is 1. The van der Waals surface area contributed by atoms with Gasteiger partial charge in [-0.2, -0.15) is 0 Å². The topological polar surface area (TPSA) is 109 Å². The number of nitrogens with zero attached hydrogens (tertiary/aromatic N) is 1. The molecule has 1 fully saturated rings. The summed E-state index contributed by atoms with van der Waals surface area (Å²) >= 11 is 0. The Morgan fingerprint density at radius 3 is 2.23 bits per heavy atom. The number of carbonyl (C=O) groups is 2. The molecule has 2 aromatic carbocycles. The number of nitrogens with one attached hydrogen (secondary N) is 3. The van der Waals surface area contributed by atoms with Crippen LogP contribution in [0, 0.1) is 0 Å². The Morgan fingerprint density at radius 1 is 1.00 bits per heavy atom. The van der Waals surface area contributed by atoms with Gasteiger partial charge in [-0.1, -0.05) is 42.5 Å². The summed E-state index contributed by atoms with van der Waals surface area (Å²) in [6, 6.07) is 17.8. The third kappa shape index (κ3) is 6.45. The summed E-state index contributed by atoms with van der Waals surface area (Å²) in [4.78, 5) is 27.0. The van der Waals surface area contributed by atoms with Crippen LogP contribution in [0.5, 0.6) is 0 Å². The molecule has 0 atom stereocenters. The minimum Gasteiger partial charge on any atom is -0.368 e. The van der Waals surface area contributed by atoms with E-state index in [-0.39, 0.29) is 41.8 Å². The lowest BCUT2D eigenvalue weighted by Crippen LogP contribution is -2.40. The first-order valence-corrected chi connectivity index (χ1v) is 9.68. The van der Waals surface area contributed by atoms with Crippen molar-refractivity contribution in [3.8, 4) is 0 Å². The van der Waals surface area contributed by atoms with Crippen molar-refractivity contribution in [1.82, 2.24) is 16.0 Å². The van der Waals surface area contributed by atoms with Crippen molar-refractivity contribution in [3.63, 3.8) is 0 Å². The minimum atomic E-state index is -0.571. The van der Waals surface area contributed by atoms with Gasteiger partial charge in [0.1, 0.15) is 0 Å². The highest BCUT2D eigenvalue weighted by Gasteiger charge is 2.43. The first-order valence-electron chi connectivity index (χ1n) is 9.68. The quantitative estimate of drug-likeness (QED) is 0.242. The first-order chi connectivity index (χ1) is 14.0. The van der Waals surface area contributed by atoms with E-state index in [4.69, 9.17) is 5.73 Å². The molecule has 7 nitrogen and oxygen atoms in total. The highest BCUT2D eigenvalue weighted by atomic mass is 127. The Hall–Kier alpha value is -2.62. The van der Waals surface area contributed by atoms with E-state index in [0.717, 1.165) is 18.1 Å². The van der Waals surface area contributed by atoms with E-state index in [1.54, 1.807) is 19.2 Å². The molecule has 30 heavy (non-hydrogen) atoms. The number of aliphatic imine (C=N–C) groups is 1. The van der Waals surface area contributed by atoms with Gasteiger partial charge in [0.05, 0.1) is 6.54 Å². The van der Waals surface area contributed by atoms with E-state index in [2.05, 4.69) is 45.2 Å². The molecule has 5 N–H and O–H groups in total. The number of guanidine groups is 1. The second-order valence-corrected chi connectivity index (χ2v) is 7.27. The van der Waals surface area contributed by atoms with E-state index < -0.39 is 5.91 Å². The van der Waals surface area contributed by atoms with E-state index in [1.165, 1.54) is 18.4 Å². The molecular formula is C22H28IN5O2. The minimum absolute atomic E-state index is 0. The van der Waals surface area contributed by atoms with E-state index >= 15 is 0 Å². The maximum absolute atomic E-state index is 11.9. The van der Waals surface area contributed by atoms with Crippen LogP contribution >= 0.6 is 24.0 Å². The second-order valence-electron chi connectivity index (χ2n) is 7.27. The van der Waals surface area contributed by atoms with Gasteiger partial charge in [-0.3, -0.25) is 14.6 Å². The zero-order chi connectivity index (χ0) is 20.7. The molecule has 2 amide bonds.